The fraction of sp³-hybridized carbons (Fsp3) is 0.143. The Labute approximate surface area is 120 Å². The summed E-state index contributed by atoms with van der Waals surface area (Å²) in [4.78, 5) is 12.7. The highest BCUT2D eigenvalue weighted by Gasteiger charge is 2.03. The first-order chi connectivity index (χ1) is 9.15. The van der Waals surface area contributed by atoms with Crippen molar-refractivity contribution in [1.82, 2.24) is 5.43 Å². The van der Waals surface area contributed by atoms with E-state index in [1.54, 1.807) is 23.5 Å². The molecule has 0 saturated heterocycles. The van der Waals surface area contributed by atoms with Crippen LogP contribution in [0.4, 0.5) is 0 Å². The predicted octanol–water partition coefficient (Wildman–Crippen LogP) is 3.48. The lowest BCUT2D eigenvalue weighted by Crippen LogP contribution is -2.20. The van der Waals surface area contributed by atoms with Crippen LogP contribution in [0.3, 0.4) is 0 Å². The number of hydrogen-bond acceptors (Lipinski definition) is 3. The maximum Gasteiger partial charge on any atom is 0.245 e. The smallest absolute Gasteiger partial charge is 0.245 e. The van der Waals surface area contributed by atoms with Gasteiger partial charge in [0, 0.05) is 9.90 Å². The summed E-state index contributed by atoms with van der Waals surface area (Å²) < 4.78 is 0. The van der Waals surface area contributed by atoms with E-state index in [0.29, 0.717) is 11.4 Å². The molecule has 0 fully saturated rings. The minimum absolute atomic E-state index is 0.115. The number of rotatable bonds is 4. The highest BCUT2D eigenvalue weighted by molar-refractivity contribution is 7.10. The first-order valence-electron chi connectivity index (χ1n) is 5.76. The lowest BCUT2D eigenvalue weighted by molar-refractivity contribution is -0.120. The van der Waals surface area contributed by atoms with E-state index < -0.39 is 0 Å². The quantitative estimate of drug-likeness (QED) is 0.680. The van der Waals surface area contributed by atoms with Crippen molar-refractivity contribution in [1.29, 1.82) is 0 Å². The summed E-state index contributed by atoms with van der Waals surface area (Å²) in [6, 6.07) is 11.2. The van der Waals surface area contributed by atoms with Gasteiger partial charge in [-0.15, -0.1) is 11.3 Å². The Morgan fingerprint density at radius 2 is 2.05 bits per heavy atom. The molecule has 0 bridgehead atoms. The van der Waals surface area contributed by atoms with Crippen molar-refractivity contribution in [3.8, 4) is 0 Å². The second kappa shape index (κ2) is 6.50. The van der Waals surface area contributed by atoms with Gasteiger partial charge in [-0.25, -0.2) is 5.43 Å². The van der Waals surface area contributed by atoms with Crippen molar-refractivity contribution in [3.05, 3.63) is 57.2 Å². The molecule has 0 unspecified atom stereocenters. The average Bonchev–Trinajstić information content (AvgIpc) is 2.89. The van der Waals surface area contributed by atoms with Crippen molar-refractivity contribution in [2.75, 3.05) is 0 Å². The molecule has 1 aromatic carbocycles. The minimum Gasteiger partial charge on any atom is -0.273 e. The van der Waals surface area contributed by atoms with Crippen LogP contribution in [0.2, 0.25) is 5.02 Å². The number of hydrogen-bond donors (Lipinski definition) is 1. The summed E-state index contributed by atoms with van der Waals surface area (Å²) in [5.41, 5.74) is 4.23. The molecule has 19 heavy (non-hydrogen) atoms. The summed E-state index contributed by atoms with van der Waals surface area (Å²) >= 11 is 7.37. The van der Waals surface area contributed by atoms with Crippen LogP contribution in [-0.4, -0.2) is 11.6 Å². The average molecular weight is 293 g/mol. The Hall–Kier alpha value is -1.65. The van der Waals surface area contributed by atoms with Crippen LogP contribution in [0.1, 0.15) is 17.4 Å². The Morgan fingerprint density at radius 1 is 1.32 bits per heavy atom. The molecule has 0 aliphatic heterocycles. The highest BCUT2D eigenvalue weighted by Crippen LogP contribution is 2.10. The molecule has 0 radical (unpaired) electrons. The summed E-state index contributed by atoms with van der Waals surface area (Å²) in [5.74, 6) is -0.115. The molecule has 0 aliphatic carbocycles. The number of hydrazone groups is 1. The number of thiophene rings is 1. The third-order valence-corrected chi connectivity index (χ3v) is 3.65. The predicted molar refractivity (Wildman–Crippen MR) is 79.8 cm³/mol. The summed E-state index contributed by atoms with van der Waals surface area (Å²) in [5, 5.41) is 6.71. The van der Waals surface area contributed by atoms with Crippen LogP contribution in [0.15, 0.2) is 46.9 Å². The molecule has 0 atom stereocenters. The zero-order valence-corrected chi connectivity index (χ0v) is 12.0. The molecule has 3 nitrogen and oxygen atoms in total. The van der Waals surface area contributed by atoms with Crippen molar-refractivity contribution in [2.45, 2.75) is 13.3 Å². The number of nitrogens with one attached hydrogen (secondary N) is 1. The summed E-state index contributed by atoms with van der Waals surface area (Å²) in [6.07, 6.45) is 0.356. The standard InChI is InChI=1S/C14H13ClN2OS/c1-10(11-4-6-12(15)7-5-11)16-17-14(18)9-13-3-2-8-19-13/h2-8H,9H2,1H3,(H,17,18)/b16-10-. The molecule has 0 aliphatic rings. The van der Waals surface area contributed by atoms with Gasteiger partial charge in [-0.3, -0.25) is 4.79 Å². The molecule has 5 heteroatoms. The van der Waals surface area contributed by atoms with E-state index in [1.807, 2.05) is 36.6 Å². The second-order valence-corrected chi connectivity index (χ2v) is 5.46. The van der Waals surface area contributed by atoms with Gasteiger partial charge >= 0.3 is 0 Å². The van der Waals surface area contributed by atoms with Gasteiger partial charge in [0.15, 0.2) is 0 Å². The Kier molecular flexibility index (Phi) is 4.71. The lowest BCUT2D eigenvalue weighted by Gasteiger charge is -2.02. The molecule has 0 spiro atoms. The number of amides is 1. The van der Waals surface area contributed by atoms with Crippen molar-refractivity contribution >= 4 is 34.6 Å². The van der Waals surface area contributed by atoms with Gasteiger partial charge in [0.2, 0.25) is 5.91 Å². The minimum atomic E-state index is -0.115. The monoisotopic (exact) mass is 292 g/mol. The van der Waals surface area contributed by atoms with Gasteiger partial charge in [0.05, 0.1) is 12.1 Å². The fourth-order valence-electron chi connectivity index (χ4n) is 1.51. The van der Waals surface area contributed by atoms with Crippen LogP contribution >= 0.6 is 22.9 Å². The molecule has 1 aromatic heterocycles. The molecular weight excluding hydrogens is 280 g/mol. The Morgan fingerprint density at radius 3 is 2.68 bits per heavy atom. The second-order valence-electron chi connectivity index (χ2n) is 4.00. The SMILES string of the molecule is C/C(=N/NC(=O)Cc1cccs1)c1ccc(Cl)cc1. The lowest BCUT2D eigenvalue weighted by atomic mass is 10.1. The van der Waals surface area contributed by atoms with Crippen molar-refractivity contribution in [2.24, 2.45) is 5.10 Å². The molecule has 1 N–H and O–H groups in total. The molecule has 98 valence electrons. The summed E-state index contributed by atoms with van der Waals surface area (Å²) in [7, 11) is 0. The zero-order chi connectivity index (χ0) is 13.7. The molecule has 1 heterocycles. The van der Waals surface area contributed by atoms with E-state index in [0.717, 1.165) is 16.2 Å². The van der Waals surface area contributed by atoms with E-state index in [9.17, 15) is 4.79 Å². The van der Waals surface area contributed by atoms with Gasteiger partial charge in [-0.1, -0.05) is 29.8 Å². The van der Waals surface area contributed by atoms with Crippen molar-refractivity contribution < 1.29 is 4.79 Å². The normalized spacial score (nSPS) is 11.4. The largest absolute Gasteiger partial charge is 0.273 e. The Bertz CT molecular complexity index is 576. The number of halogens is 1. The molecule has 1 amide bonds. The van der Waals surface area contributed by atoms with Gasteiger partial charge in [0.25, 0.3) is 0 Å². The van der Waals surface area contributed by atoms with Crippen LogP contribution in [-0.2, 0) is 11.2 Å². The van der Waals surface area contributed by atoms with E-state index >= 15 is 0 Å². The van der Waals surface area contributed by atoms with E-state index in [1.165, 1.54) is 0 Å². The Balaban J connectivity index is 1.94. The van der Waals surface area contributed by atoms with Gasteiger partial charge in [0.1, 0.15) is 0 Å². The molecule has 2 rings (SSSR count). The first-order valence-corrected chi connectivity index (χ1v) is 7.02. The van der Waals surface area contributed by atoms with Crippen LogP contribution < -0.4 is 5.43 Å². The molecular formula is C14H13ClN2OS. The highest BCUT2D eigenvalue weighted by atomic mass is 35.5. The number of carbonyl (C=O) groups is 1. The third-order valence-electron chi connectivity index (χ3n) is 2.53. The topological polar surface area (TPSA) is 41.5 Å². The summed E-state index contributed by atoms with van der Waals surface area (Å²) in [6.45, 7) is 1.84. The van der Waals surface area contributed by atoms with Crippen molar-refractivity contribution in [3.63, 3.8) is 0 Å². The van der Waals surface area contributed by atoms with E-state index in [4.69, 9.17) is 11.6 Å². The van der Waals surface area contributed by atoms with Gasteiger partial charge in [-0.05, 0) is 36.1 Å². The third kappa shape index (κ3) is 4.19. The maximum absolute atomic E-state index is 11.7. The van der Waals surface area contributed by atoms with E-state index in [-0.39, 0.29) is 5.91 Å². The first kappa shape index (κ1) is 13.8. The maximum atomic E-state index is 11.7. The number of carbonyl (C=O) groups excluding carboxylic acids is 1. The van der Waals surface area contributed by atoms with Crippen LogP contribution in [0.5, 0.6) is 0 Å². The number of benzene rings is 1. The van der Waals surface area contributed by atoms with Gasteiger partial charge < -0.3 is 0 Å². The zero-order valence-electron chi connectivity index (χ0n) is 10.4. The fourth-order valence-corrected chi connectivity index (χ4v) is 2.34. The molecule has 0 saturated carbocycles. The van der Waals surface area contributed by atoms with Crippen LogP contribution in [0, 0.1) is 0 Å². The number of nitrogens with zero attached hydrogens (tertiary/aromatic N) is 1. The van der Waals surface area contributed by atoms with Gasteiger partial charge in [-0.2, -0.15) is 5.10 Å². The van der Waals surface area contributed by atoms with E-state index in [2.05, 4.69) is 10.5 Å². The van der Waals surface area contributed by atoms with Crippen LogP contribution in [0.25, 0.3) is 0 Å². The molecule has 2 aromatic rings.